The van der Waals surface area contributed by atoms with Gasteiger partial charge in [-0.2, -0.15) is 0 Å². The summed E-state index contributed by atoms with van der Waals surface area (Å²) in [5, 5.41) is 0. The van der Waals surface area contributed by atoms with Gasteiger partial charge in [-0.1, -0.05) is 6.07 Å². The lowest BCUT2D eigenvalue weighted by molar-refractivity contribution is 0.590. The first-order valence-electron chi connectivity index (χ1n) is 6.06. The molecule has 0 amide bonds. The number of nitrogen functional groups attached to an aromatic ring is 1. The lowest BCUT2D eigenvalue weighted by Crippen LogP contribution is -2.16. The third-order valence-corrected chi connectivity index (χ3v) is 4.62. The van der Waals surface area contributed by atoms with Crippen molar-refractivity contribution < 1.29 is 17.2 Å². The third kappa shape index (κ3) is 2.97. The molecule has 0 aliphatic carbocycles. The zero-order valence-electron chi connectivity index (χ0n) is 11.4. The summed E-state index contributed by atoms with van der Waals surface area (Å²) in [5.41, 5.74) is 5.95. The van der Waals surface area contributed by atoms with Gasteiger partial charge in [0.1, 0.15) is 11.6 Å². The molecule has 0 aliphatic heterocycles. The van der Waals surface area contributed by atoms with Gasteiger partial charge in [0.15, 0.2) is 0 Å². The second-order valence-corrected chi connectivity index (χ2v) is 6.31. The maximum atomic E-state index is 13.7. The molecule has 7 heteroatoms. The van der Waals surface area contributed by atoms with Gasteiger partial charge in [-0.05, 0) is 43.2 Å². The van der Waals surface area contributed by atoms with Gasteiger partial charge >= 0.3 is 0 Å². The normalized spacial score (nSPS) is 11.4. The predicted octanol–water partition coefficient (Wildman–Crippen LogP) is 2.96. The summed E-state index contributed by atoms with van der Waals surface area (Å²) in [6, 6.07) is 6.11. The fraction of sp³-hybridized carbons (Fsp3) is 0.143. The minimum absolute atomic E-state index is 0.0807. The highest BCUT2D eigenvalue weighted by Gasteiger charge is 2.20. The predicted molar refractivity (Wildman–Crippen MR) is 77.5 cm³/mol. The molecule has 0 heterocycles. The Morgan fingerprint density at radius 3 is 2.43 bits per heavy atom. The van der Waals surface area contributed by atoms with Crippen molar-refractivity contribution >= 4 is 21.4 Å². The van der Waals surface area contributed by atoms with Crippen molar-refractivity contribution in [3.63, 3.8) is 0 Å². The topological polar surface area (TPSA) is 72.2 Å². The monoisotopic (exact) mass is 312 g/mol. The number of aryl methyl sites for hydroxylation is 1. The molecule has 2 aromatic rings. The quantitative estimate of drug-likeness (QED) is 0.856. The molecule has 112 valence electrons. The summed E-state index contributed by atoms with van der Waals surface area (Å²) in [5.74, 6) is -1.54. The fourth-order valence-corrected chi connectivity index (χ4v) is 3.18. The number of nitrogens with two attached hydrogens (primary N) is 1. The smallest absolute Gasteiger partial charge is 0.262 e. The van der Waals surface area contributed by atoms with Crippen molar-refractivity contribution in [1.29, 1.82) is 0 Å². The molecule has 0 radical (unpaired) electrons. The first-order chi connectivity index (χ1) is 9.72. The Hall–Kier alpha value is -2.15. The van der Waals surface area contributed by atoms with E-state index in [1.165, 1.54) is 26.0 Å². The zero-order chi connectivity index (χ0) is 15.8. The van der Waals surface area contributed by atoms with E-state index in [4.69, 9.17) is 5.73 Å². The molecule has 0 fully saturated rings. The molecule has 0 saturated carbocycles. The number of sulfonamides is 1. The van der Waals surface area contributed by atoms with Crippen LogP contribution in [0.5, 0.6) is 0 Å². The average Bonchev–Trinajstić information content (AvgIpc) is 2.38. The molecule has 0 saturated heterocycles. The largest absolute Gasteiger partial charge is 0.398 e. The maximum Gasteiger partial charge on any atom is 0.262 e. The molecular formula is C14H14F2N2O2S. The van der Waals surface area contributed by atoms with Crippen molar-refractivity contribution in [2.75, 3.05) is 10.5 Å². The zero-order valence-corrected chi connectivity index (χ0v) is 12.3. The number of nitrogens with one attached hydrogen (secondary N) is 1. The Bertz CT molecular complexity index is 805. The van der Waals surface area contributed by atoms with Crippen LogP contribution >= 0.6 is 0 Å². The van der Waals surface area contributed by atoms with E-state index in [1.54, 1.807) is 6.07 Å². The van der Waals surface area contributed by atoms with Gasteiger partial charge in [0, 0.05) is 11.8 Å². The van der Waals surface area contributed by atoms with Crippen LogP contribution in [0.15, 0.2) is 35.2 Å². The maximum absolute atomic E-state index is 13.7. The summed E-state index contributed by atoms with van der Waals surface area (Å²) in [7, 11) is -4.06. The van der Waals surface area contributed by atoms with Crippen LogP contribution in [0, 0.1) is 25.5 Å². The van der Waals surface area contributed by atoms with E-state index in [0.29, 0.717) is 11.3 Å². The number of anilines is 2. The second-order valence-electron chi connectivity index (χ2n) is 4.66. The van der Waals surface area contributed by atoms with Crippen LogP contribution in [-0.4, -0.2) is 8.42 Å². The van der Waals surface area contributed by atoms with Gasteiger partial charge in [0.25, 0.3) is 10.0 Å². The molecule has 2 aromatic carbocycles. The minimum Gasteiger partial charge on any atom is -0.398 e. The Morgan fingerprint density at radius 1 is 1.10 bits per heavy atom. The molecular weight excluding hydrogens is 298 g/mol. The van der Waals surface area contributed by atoms with Crippen LogP contribution in [-0.2, 0) is 10.0 Å². The highest BCUT2D eigenvalue weighted by Crippen LogP contribution is 2.25. The minimum atomic E-state index is -4.06. The first kappa shape index (κ1) is 15.2. The first-order valence-corrected chi connectivity index (χ1v) is 7.54. The van der Waals surface area contributed by atoms with Gasteiger partial charge in [-0.25, -0.2) is 17.2 Å². The van der Waals surface area contributed by atoms with Crippen molar-refractivity contribution in [1.82, 2.24) is 0 Å². The second kappa shape index (κ2) is 5.33. The lowest BCUT2D eigenvalue weighted by atomic mass is 10.2. The van der Waals surface area contributed by atoms with Gasteiger partial charge in [0.2, 0.25) is 0 Å². The van der Waals surface area contributed by atoms with Crippen LogP contribution in [0.1, 0.15) is 11.1 Å². The highest BCUT2D eigenvalue weighted by atomic mass is 32.2. The number of rotatable bonds is 3. The van der Waals surface area contributed by atoms with Gasteiger partial charge in [-0.3, -0.25) is 4.72 Å². The summed E-state index contributed by atoms with van der Waals surface area (Å²) in [4.78, 5) is -0.0807. The van der Waals surface area contributed by atoms with Crippen molar-refractivity contribution in [2.45, 2.75) is 18.7 Å². The number of hydrogen-bond donors (Lipinski definition) is 2. The molecule has 4 nitrogen and oxygen atoms in total. The van der Waals surface area contributed by atoms with E-state index < -0.39 is 27.3 Å². The lowest BCUT2D eigenvalue weighted by Gasteiger charge is -2.12. The SMILES string of the molecule is Cc1cc(F)c(NS(=O)(=O)c2cccc(N)c2C)cc1F. The van der Waals surface area contributed by atoms with E-state index in [2.05, 4.69) is 0 Å². The van der Waals surface area contributed by atoms with E-state index in [-0.39, 0.29) is 10.5 Å². The summed E-state index contributed by atoms with van der Waals surface area (Å²) in [6.07, 6.45) is 0. The average molecular weight is 312 g/mol. The van der Waals surface area contributed by atoms with E-state index in [1.807, 2.05) is 4.72 Å². The Labute approximate surface area is 121 Å². The van der Waals surface area contributed by atoms with E-state index in [0.717, 1.165) is 12.1 Å². The van der Waals surface area contributed by atoms with Crippen molar-refractivity contribution in [2.24, 2.45) is 0 Å². The number of hydrogen-bond acceptors (Lipinski definition) is 3. The molecule has 2 rings (SSSR count). The molecule has 0 atom stereocenters. The van der Waals surface area contributed by atoms with E-state index >= 15 is 0 Å². The number of benzene rings is 2. The van der Waals surface area contributed by atoms with Gasteiger partial charge < -0.3 is 5.73 Å². The summed E-state index contributed by atoms with van der Waals surface area (Å²) in [6.45, 7) is 2.93. The molecule has 0 spiro atoms. The Balaban J connectivity index is 2.47. The highest BCUT2D eigenvalue weighted by molar-refractivity contribution is 7.92. The van der Waals surface area contributed by atoms with Gasteiger partial charge in [0.05, 0.1) is 10.6 Å². The van der Waals surface area contributed by atoms with Crippen LogP contribution in [0.25, 0.3) is 0 Å². The number of halogens is 2. The molecule has 3 N–H and O–H groups in total. The van der Waals surface area contributed by atoms with Crippen molar-refractivity contribution in [3.05, 3.63) is 53.1 Å². The van der Waals surface area contributed by atoms with E-state index in [9.17, 15) is 17.2 Å². The van der Waals surface area contributed by atoms with Crippen LogP contribution < -0.4 is 10.5 Å². The fourth-order valence-electron chi connectivity index (χ4n) is 1.85. The van der Waals surface area contributed by atoms with Crippen molar-refractivity contribution in [3.8, 4) is 0 Å². The molecule has 0 unspecified atom stereocenters. The van der Waals surface area contributed by atoms with Gasteiger partial charge in [-0.15, -0.1) is 0 Å². The van der Waals surface area contributed by atoms with Crippen LogP contribution in [0.2, 0.25) is 0 Å². The van der Waals surface area contributed by atoms with Crippen LogP contribution in [0.3, 0.4) is 0 Å². The Kier molecular flexibility index (Phi) is 3.87. The molecule has 21 heavy (non-hydrogen) atoms. The summed E-state index contributed by atoms with van der Waals surface area (Å²) >= 11 is 0. The Morgan fingerprint density at radius 2 is 1.76 bits per heavy atom. The molecule has 0 aromatic heterocycles. The summed E-state index contributed by atoms with van der Waals surface area (Å²) < 4.78 is 53.8. The molecule has 0 bridgehead atoms. The third-order valence-electron chi connectivity index (χ3n) is 3.11. The van der Waals surface area contributed by atoms with Crippen LogP contribution in [0.4, 0.5) is 20.2 Å². The standard InChI is InChI=1S/C14H14F2N2O2S/c1-8-6-11(16)13(7-10(8)15)18-21(19,20)14-5-3-4-12(17)9(14)2/h3-7,18H,17H2,1-2H3. The molecule has 0 aliphatic rings.